The number of phenols is 1. The number of pyridine rings is 1. The van der Waals surface area contributed by atoms with Gasteiger partial charge >= 0.3 is 6.01 Å². The van der Waals surface area contributed by atoms with Crippen LogP contribution in [-0.2, 0) is 4.79 Å². The fourth-order valence-corrected chi connectivity index (χ4v) is 8.60. The van der Waals surface area contributed by atoms with Gasteiger partial charge in [-0.05, 0) is 86.4 Å². The van der Waals surface area contributed by atoms with Crippen molar-refractivity contribution in [3.63, 3.8) is 0 Å². The molecule has 0 unspecified atom stereocenters. The van der Waals surface area contributed by atoms with Crippen molar-refractivity contribution in [3.05, 3.63) is 47.6 Å². The summed E-state index contributed by atoms with van der Waals surface area (Å²) in [7, 11) is 0. The molecule has 4 saturated heterocycles. The van der Waals surface area contributed by atoms with Gasteiger partial charge in [-0.2, -0.15) is 9.97 Å². The Morgan fingerprint density at radius 3 is 2.70 bits per heavy atom. The Morgan fingerprint density at radius 1 is 1.16 bits per heavy atom. The van der Waals surface area contributed by atoms with E-state index in [2.05, 4.69) is 16.4 Å². The maximum absolute atomic E-state index is 14.5. The quantitative estimate of drug-likeness (QED) is 0.359. The van der Waals surface area contributed by atoms with Crippen LogP contribution in [0.2, 0.25) is 5.02 Å². The smallest absolute Gasteiger partial charge is 0.319 e. The number of anilines is 1. The molecule has 0 radical (unpaired) electrons. The molecule has 5 fully saturated rings. The van der Waals surface area contributed by atoms with E-state index >= 15 is 0 Å². The molecular weight excluding hydrogens is 583 g/mol. The number of hydrogen-bond donors (Lipinski definition) is 1. The first-order chi connectivity index (χ1) is 21.3. The maximum Gasteiger partial charge on any atom is 0.319 e. The monoisotopic (exact) mass is 618 g/mol. The second-order valence-corrected chi connectivity index (χ2v) is 13.6. The second-order valence-electron chi connectivity index (χ2n) is 13.2. The zero-order chi connectivity index (χ0) is 30.2. The zero-order valence-corrected chi connectivity index (χ0v) is 25.3. The molecule has 3 aromatic rings. The third kappa shape index (κ3) is 4.68. The van der Waals surface area contributed by atoms with E-state index in [-0.39, 0.29) is 35.3 Å². The number of fused-ring (bicyclic) bond motifs is 4. The number of halogens is 2. The Hall–Kier alpha value is -3.50. The van der Waals surface area contributed by atoms with Gasteiger partial charge in [0.05, 0.1) is 11.1 Å². The van der Waals surface area contributed by atoms with Crippen LogP contribution in [0.1, 0.15) is 56.4 Å². The summed E-state index contributed by atoms with van der Waals surface area (Å²) in [5.41, 5.74) is 3.63. The van der Waals surface area contributed by atoms with E-state index in [1.807, 2.05) is 11.0 Å². The molecule has 1 aliphatic carbocycles. The van der Waals surface area contributed by atoms with E-state index in [4.69, 9.17) is 31.3 Å². The Balaban J connectivity index is 1.19. The molecule has 9 nitrogen and oxygen atoms in total. The van der Waals surface area contributed by atoms with E-state index in [9.17, 15) is 14.3 Å². The Morgan fingerprint density at radius 2 is 1.95 bits per heavy atom. The van der Waals surface area contributed by atoms with E-state index in [1.54, 1.807) is 18.3 Å². The summed E-state index contributed by atoms with van der Waals surface area (Å²) in [6.45, 7) is 6.61. The summed E-state index contributed by atoms with van der Waals surface area (Å²) >= 11 is 6.63. The van der Waals surface area contributed by atoms with E-state index in [0.717, 1.165) is 61.8 Å². The van der Waals surface area contributed by atoms with Gasteiger partial charge in [0.25, 0.3) is 0 Å². The summed E-state index contributed by atoms with van der Waals surface area (Å²) in [6.07, 6.45) is 8.70. The normalized spacial score (nSPS) is 28.1. The number of ether oxygens (including phenoxy) is 1. The SMILES string of the molecule is C=CC(=O)N1[C@@H]2CC[C@H]1CN(c1nc(OC[C@@]34CCCN3C[C@H](F)C4)nc3cc(-c4cc(O)cc(Cl)c4C4CC4)cnc13)C2. The van der Waals surface area contributed by atoms with Crippen LogP contribution in [0, 0.1) is 0 Å². The molecule has 1 aromatic carbocycles. The third-order valence-electron chi connectivity index (χ3n) is 10.3. The van der Waals surface area contributed by atoms with Crippen LogP contribution in [0.4, 0.5) is 10.2 Å². The van der Waals surface area contributed by atoms with Gasteiger partial charge in [0, 0.05) is 54.9 Å². The number of aromatic hydroxyl groups is 1. The molecule has 11 heteroatoms. The molecule has 44 heavy (non-hydrogen) atoms. The maximum atomic E-state index is 14.5. The highest BCUT2D eigenvalue weighted by atomic mass is 35.5. The lowest BCUT2D eigenvalue weighted by atomic mass is 9.95. The predicted octanol–water partition coefficient (Wildman–Crippen LogP) is 5.25. The lowest BCUT2D eigenvalue weighted by molar-refractivity contribution is -0.129. The van der Waals surface area contributed by atoms with E-state index in [1.165, 1.54) is 6.08 Å². The number of carbonyl (C=O) groups excluding carboxylic acids is 1. The second kappa shape index (κ2) is 10.5. The Kier molecular flexibility index (Phi) is 6.71. The van der Waals surface area contributed by atoms with Crippen molar-refractivity contribution in [2.75, 3.05) is 37.7 Å². The minimum absolute atomic E-state index is 0.0316. The number of nitrogens with zero attached hydrogens (tertiary/aromatic N) is 6. The first-order valence-corrected chi connectivity index (χ1v) is 16.1. The molecule has 5 aliphatic rings. The number of carbonyl (C=O) groups is 1. The molecule has 230 valence electrons. The van der Waals surface area contributed by atoms with Crippen LogP contribution < -0.4 is 9.64 Å². The predicted molar refractivity (Wildman–Crippen MR) is 166 cm³/mol. The molecule has 2 aromatic heterocycles. The van der Waals surface area contributed by atoms with Crippen LogP contribution in [0.3, 0.4) is 0 Å². The van der Waals surface area contributed by atoms with Crippen LogP contribution in [0.25, 0.3) is 22.2 Å². The van der Waals surface area contributed by atoms with Gasteiger partial charge in [-0.3, -0.25) is 14.7 Å². The van der Waals surface area contributed by atoms with Gasteiger partial charge in [0.1, 0.15) is 24.0 Å². The summed E-state index contributed by atoms with van der Waals surface area (Å²) in [5.74, 6) is 1.10. The first kappa shape index (κ1) is 28.0. The fourth-order valence-electron chi connectivity index (χ4n) is 8.23. The lowest BCUT2D eigenvalue weighted by Gasteiger charge is -2.41. The number of phenolic OH excluding ortho intramolecular Hbond substituents is 1. The lowest BCUT2D eigenvalue weighted by Crippen LogP contribution is -2.55. The fraction of sp³-hybridized carbons (Fsp3) is 0.515. The molecule has 4 aliphatic heterocycles. The number of alkyl halides is 1. The number of hydrogen-bond acceptors (Lipinski definition) is 8. The van der Waals surface area contributed by atoms with E-state index in [0.29, 0.717) is 60.5 Å². The van der Waals surface area contributed by atoms with Gasteiger partial charge in [-0.25, -0.2) is 4.39 Å². The summed E-state index contributed by atoms with van der Waals surface area (Å²) in [6, 6.07) is 5.68. The van der Waals surface area contributed by atoms with Gasteiger partial charge in [-0.15, -0.1) is 0 Å². The topological polar surface area (TPSA) is 94.9 Å². The molecule has 1 amide bonds. The zero-order valence-electron chi connectivity index (χ0n) is 24.6. The summed E-state index contributed by atoms with van der Waals surface area (Å²) in [4.78, 5) is 33.7. The molecule has 1 saturated carbocycles. The number of rotatable bonds is 7. The van der Waals surface area contributed by atoms with Crippen molar-refractivity contribution in [1.29, 1.82) is 0 Å². The number of aromatic nitrogens is 3. The number of piperazine rings is 1. The average molecular weight is 619 g/mol. The molecule has 1 N–H and O–H groups in total. The summed E-state index contributed by atoms with van der Waals surface area (Å²) in [5, 5.41) is 11.0. The molecule has 0 spiro atoms. The van der Waals surface area contributed by atoms with Crippen LogP contribution in [0.5, 0.6) is 11.8 Å². The highest BCUT2D eigenvalue weighted by Crippen LogP contribution is 2.49. The van der Waals surface area contributed by atoms with Gasteiger partial charge in [-0.1, -0.05) is 18.2 Å². The van der Waals surface area contributed by atoms with Crippen LogP contribution in [-0.4, -0.2) is 92.3 Å². The Labute approximate surface area is 260 Å². The van der Waals surface area contributed by atoms with Crippen molar-refractivity contribution >= 4 is 34.4 Å². The first-order valence-electron chi connectivity index (χ1n) is 15.7. The highest BCUT2D eigenvalue weighted by Gasteiger charge is 2.49. The van der Waals surface area contributed by atoms with Crippen molar-refractivity contribution in [3.8, 4) is 22.9 Å². The van der Waals surface area contributed by atoms with Crippen molar-refractivity contribution in [1.82, 2.24) is 24.8 Å². The minimum Gasteiger partial charge on any atom is -0.508 e. The Bertz CT molecular complexity index is 1650. The molecule has 8 rings (SSSR count). The van der Waals surface area contributed by atoms with Crippen molar-refractivity contribution in [2.45, 2.75) is 74.7 Å². The molecule has 2 bridgehead atoms. The van der Waals surface area contributed by atoms with Gasteiger partial charge in [0.15, 0.2) is 5.82 Å². The van der Waals surface area contributed by atoms with Gasteiger partial charge < -0.3 is 19.6 Å². The molecule has 6 heterocycles. The highest BCUT2D eigenvalue weighted by molar-refractivity contribution is 6.32. The summed E-state index contributed by atoms with van der Waals surface area (Å²) < 4.78 is 20.8. The standard InChI is InChI=1S/C33H36ClFN6O3/c1-2-28(43)41-22-6-7-23(41)17-39(16-22)31-30-27(37-32(38-31)44-18-33-8-3-9-40(33)15-21(35)13-33)10-20(14-36-30)25-11-24(42)12-26(34)29(25)19-4-5-19/h2,10-12,14,19,21-23,42H,1,3-9,13,15-18H2/t21-,22-,23+,33+/m1/s1. The van der Waals surface area contributed by atoms with Crippen molar-refractivity contribution in [2.24, 2.45) is 0 Å². The number of benzene rings is 1. The van der Waals surface area contributed by atoms with Crippen LogP contribution >= 0.6 is 11.6 Å². The average Bonchev–Trinajstić information content (AvgIpc) is 3.62. The minimum atomic E-state index is -0.849. The third-order valence-corrected chi connectivity index (χ3v) is 10.7. The van der Waals surface area contributed by atoms with Crippen molar-refractivity contribution < 1.29 is 19.0 Å². The largest absolute Gasteiger partial charge is 0.508 e. The van der Waals surface area contributed by atoms with Gasteiger partial charge in [0.2, 0.25) is 5.91 Å². The van der Waals surface area contributed by atoms with Crippen LogP contribution in [0.15, 0.2) is 37.1 Å². The number of amides is 1. The molecule has 4 atom stereocenters. The van der Waals surface area contributed by atoms with E-state index < -0.39 is 6.17 Å². The molecular formula is C33H36ClFN6O3.